The number of aryl methyl sites for hydroxylation is 1. The average molecular weight is 277 g/mol. The van der Waals surface area contributed by atoms with Gasteiger partial charge in [0.1, 0.15) is 5.15 Å². The SMILES string of the molecule is Cc1ccc(-c2c(Cl)[nH]c(=O)n(C3CC3)c2=O)cc1. The number of nitrogens with one attached hydrogen (secondary N) is 1. The van der Waals surface area contributed by atoms with Crippen molar-refractivity contribution >= 4 is 11.6 Å². The van der Waals surface area contributed by atoms with Gasteiger partial charge in [-0.05, 0) is 25.3 Å². The van der Waals surface area contributed by atoms with Crippen LogP contribution in [0.1, 0.15) is 24.4 Å². The Hall–Kier alpha value is -1.81. The lowest BCUT2D eigenvalue weighted by Gasteiger charge is -2.08. The predicted octanol–water partition coefficient (Wildman–Crippen LogP) is 2.50. The molecule has 0 radical (unpaired) electrons. The van der Waals surface area contributed by atoms with E-state index in [9.17, 15) is 9.59 Å². The van der Waals surface area contributed by atoms with Gasteiger partial charge < -0.3 is 0 Å². The van der Waals surface area contributed by atoms with Crippen LogP contribution in [0.2, 0.25) is 5.15 Å². The van der Waals surface area contributed by atoms with Crippen molar-refractivity contribution in [2.24, 2.45) is 0 Å². The van der Waals surface area contributed by atoms with E-state index < -0.39 is 5.69 Å². The average Bonchev–Trinajstić information content (AvgIpc) is 3.15. The van der Waals surface area contributed by atoms with Gasteiger partial charge in [0, 0.05) is 6.04 Å². The van der Waals surface area contributed by atoms with Gasteiger partial charge in [0.15, 0.2) is 0 Å². The van der Waals surface area contributed by atoms with E-state index in [-0.39, 0.29) is 16.8 Å². The number of rotatable bonds is 2. The van der Waals surface area contributed by atoms with E-state index >= 15 is 0 Å². The zero-order valence-corrected chi connectivity index (χ0v) is 11.2. The van der Waals surface area contributed by atoms with Crippen LogP contribution in [-0.2, 0) is 0 Å². The van der Waals surface area contributed by atoms with Crippen LogP contribution in [0.5, 0.6) is 0 Å². The number of nitrogens with zero attached hydrogens (tertiary/aromatic N) is 1. The Morgan fingerprint density at radius 3 is 2.42 bits per heavy atom. The van der Waals surface area contributed by atoms with Crippen LogP contribution < -0.4 is 11.2 Å². The molecule has 4 nitrogen and oxygen atoms in total. The Morgan fingerprint density at radius 2 is 1.84 bits per heavy atom. The molecule has 1 aliphatic rings. The Bertz CT molecular complexity index is 740. The van der Waals surface area contributed by atoms with Crippen LogP contribution in [0.25, 0.3) is 11.1 Å². The Labute approximate surface area is 114 Å². The zero-order chi connectivity index (χ0) is 13.6. The molecule has 0 aliphatic heterocycles. The largest absolute Gasteiger partial charge is 0.329 e. The second-order valence-electron chi connectivity index (χ2n) is 4.89. The molecular formula is C14H13ClN2O2. The topological polar surface area (TPSA) is 54.9 Å². The molecular weight excluding hydrogens is 264 g/mol. The molecule has 1 aromatic carbocycles. The standard InChI is InChI=1S/C14H13ClN2O2/c1-8-2-4-9(5-3-8)11-12(15)16-14(19)17(13(11)18)10-6-7-10/h2-5,10H,6-7H2,1H3,(H,16,19). The van der Waals surface area contributed by atoms with E-state index in [1.54, 1.807) is 0 Å². The summed E-state index contributed by atoms with van der Waals surface area (Å²) in [7, 11) is 0. The first-order valence-corrected chi connectivity index (χ1v) is 6.57. The molecule has 0 spiro atoms. The first-order chi connectivity index (χ1) is 9.08. The molecule has 0 bridgehead atoms. The summed E-state index contributed by atoms with van der Waals surface area (Å²) in [5, 5.41) is 0.107. The highest BCUT2D eigenvalue weighted by molar-refractivity contribution is 6.32. The third-order valence-electron chi connectivity index (χ3n) is 3.34. The normalized spacial score (nSPS) is 14.6. The summed E-state index contributed by atoms with van der Waals surface area (Å²) in [6.07, 6.45) is 1.75. The van der Waals surface area contributed by atoms with Crippen molar-refractivity contribution in [1.82, 2.24) is 9.55 Å². The van der Waals surface area contributed by atoms with Gasteiger partial charge in [-0.25, -0.2) is 4.79 Å². The molecule has 98 valence electrons. The highest BCUT2D eigenvalue weighted by Gasteiger charge is 2.28. The Balaban J connectivity index is 2.26. The molecule has 2 aromatic rings. The van der Waals surface area contributed by atoms with Gasteiger partial charge in [-0.15, -0.1) is 0 Å². The lowest BCUT2D eigenvalue weighted by atomic mass is 10.1. The fourth-order valence-corrected chi connectivity index (χ4v) is 2.43. The molecule has 0 saturated heterocycles. The van der Waals surface area contributed by atoms with E-state index in [0.717, 1.165) is 24.0 Å². The summed E-state index contributed by atoms with van der Waals surface area (Å²) in [6.45, 7) is 1.97. The molecule has 19 heavy (non-hydrogen) atoms. The Morgan fingerprint density at radius 1 is 1.21 bits per heavy atom. The minimum atomic E-state index is -0.423. The third-order valence-corrected chi connectivity index (χ3v) is 3.62. The molecule has 1 fully saturated rings. The van der Waals surface area contributed by atoms with Crippen LogP contribution in [0, 0.1) is 6.92 Å². The minimum Gasteiger partial charge on any atom is -0.297 e. The van der Waals surface area contributed by atoms with Gasteiger partial charge in [0.2, 0.25) is 0 Å². The lowest BCUT2D eigenvalue weighted by Crippen LogP contribution is -2.35. The van der Waals surface area contributed by atoms with Crippen molar-refractivity contribution in [2.45, 2.75) is 25.8 Å². The molecule has 1 saturated carbocycles. The number of hydrogen-bond acceptors (Lipinski definition) is 2. The van der Waals surface area contributed by atoms with Crippen molar-refractivity contribution in [3.05, 3.63) is 55.8 Å². The molecule has 3 rings (SSSR count). The van der Waals surface area contributed by atoms with Crippen molar-refractivity contribution in [3.8, 4) is 11.1 Å². The van der Waals surface area contributed by atoms with E-state index in [1.165, 1.54) is 4.57 Å². The number of benzene rings is 1. The first kappa shape index (κ1) is 12.2. The van der Waals surface area contributed by atoms with Crippen LogP contribution in [-0.4, -0.2) is 9.55 Å². The molecule has 0 unspecified atom stereocenters. The number of H-pyrrole nitrogens is 1. The number of aromatic nitrogens is 2. The highest BCUT2D eigenvalue weighted by Crippen LogP contribution is 2.33. The van der Waals surface area contributed by atoms with E-state index in [4.69, 9.17) is 11.6 Å². The molecule has 1 N–H and O–H groups in total. The molecule has 0 amide bonds. The molecule has 1 aromatic heterocycles. The van der Waals surface area contributed by atoms with Gasteiger partial charge in [-0.2, -0.15) is 0 Å². The lowest BCUT2D eigenvalue weighted by molar-refractivity contribution is 0.657. The summed E-state index contributed by atoms with van der Waals surface area (Å²) in [5.74, 6) is 0. The summed E-state index contributed by atoms with van der Waals surface area (Å²) in [5.41, 5.74) is 1.47. The minimum absolute atomic E-state index is 0.0257. The summed E-state index contributed by atoms with van der Waals surface area (Å²) >= 11 is 6.04. The summed E-state index contributed by atoms with van der Waals surface area (Å²) in [6, 6.07) is 7.54. The van der Waals surface area contributed by atoms with E-state index in [0.29, 0.717) is 5.56 Å². The van der Waals surface area contributed by atoms with Crippen molar-refractivity contribution < 1.29 is 0 Å². The van der Waals surface area contributed by atoms with Crippen LogP contribution in [0.4, 0.5) is 0 Å². The maximum atomic E-state index is 12.4. The second kappa shape index (κ2) is 4.38. The van der Waals surface area contributed by atoms with Crippen molar-refractivity contribution in [3.63, 3.8) is 0 Å². The van der Waals surface area contributed by atoms with Crippen LogP contribution in [0.15, 0.2) is 33.9 Å². The van der Waals surface area contributed by atoms with Crippen LogP contribution in [0.3, 0.4) is 0 Å². The van der Waals surface area contributed by atoms with Crippen LogP contribution >= 0.6 is 11.6 Å². The number of aromatic amines is 1. The fraction of sp³-hybridized carbons (Fsp3) is 0.286. The van der Waals surface area contributed by atoms with Crippen molar-refractivity contribution in [2.75, 3.05) is 0 Å². The summed E-state index contributed by atoms with van der Waals surface area (Å²) < 4.78 is 1.28. The number of halogens is 1. The molecule has 1 aliphatic carbocycles. The predicted molar refractivity (Wildman–Crippen MR) is 74.8 cm³/mol. The maximum absolute atomic E-state index is 12.4. The fourth-order valence-electron chi connectivity index (χ4n) is 2.16. The summed E-state index contributed by atoms with van der Waals surface area (Å²) in [4.78, 5) is 26.8. The molecule has 0 atom stereocenters. The zero-order valence-electron chi connectivity index (χ0n) is 10.4. The van der Waals surface area contributed by atoms with Gasteiger partial charge in [-0.3, -0.25) is 14.3 Å². The van der Waals surface area contributed by atoms with Crippen molar-refractivity contribution in [1.29, 1.82) is 0 Å². The van der Waals surface area contributed by atoms with Gasteiger partial charge in [-0.1, -0.05) is 41.4 Å². The third kappa shape index (κ3) is 2.12. The quantitative estimate of drug-likeness (QED) is 0.857. The Kier molecular flexibility index (Phi) is 2.82. The second-order valence-corrected chi connectivity index (χ2v) is 5.27. The number of hydrogen-bond donors (Lipinski definition) is 1. The smallest absolute Gasteiger partial charge is 0.297 e. The van der Waals surface area contributed by atoms with E-state index in [1.807, 2.05) is 31.2 Å². The van der Waals surface area contributed by atoms with Gasteiger partial charge >= 0.3 is 5.69 Å². The van der Waals surface area contributed by atoms with Gasteiger partial charge in [0.05, 0.1) is 5.56 Å². The monoisotopic (exact) mass is 276 g/mol. The first-order valence-electron chi connectivity index (χ1n) is 6.19. The molecule has 1 heterocycles. The highest BCUT2D eigenvalue weighted by atomic mass is 35.5. The maximum Gasteiger partial charge on any atom is 0.329 e. The van der Waals surface area contributed by atoms with Gasteiger partial charge in [0.25, 0.3) is 5.56 Å². The van der Waals surface area contributed by atoms with E-state index in [2.05, 4.69) is 4.98 Å². The molecule has 5 heteroatoms.